The summed E-state index contributed by atoms with van der Waals surface area (Å²) in [6, 6.07) is 8.74. The van der Waals surface area contributed by atoms with Crippen LogP contribution in [0.3, 0.4) is 0 Å². The molecule has 0 aliphatic carbocycles. The van der Waals surface area contributed by atoms with E-state index in [1.165, 1.54) is 38.5 Å². The minimum atomic E-state index is -4.50. The van der Waals surface area contributed by atoms with Crippen molar-refractivity contribution in [3.8, 4) is 11.5 Å². The summed E-state index contributed by atoms with van der Waals surface area (Å²) in [4.78, 5) is 25.1. The zero-order valence-electron chi connectivity index (χ0n) is 22.6. The van der Waals surface area contributed by atoms with E-state index in [-0.39, 0.29) is 16.9 Å². The van der Waals surface area contributed by atoms with Crippen molar-refractivity contribution in [2.75, 3.05) is 19.7 Å². The Morgan fingerprint density at radius 3 is 2.25 bits per heavy atom. The summed E-state index contributed by atoms with van der Waals surface area (Å²) in [7, 11) is 2.87. The average molecular weight is 579 g/mol. The number of carbonyl (C=O) groups is 1. The number of thioether (sulfide) groups is 1. The Morgan fingerprint density at radius 1 is 1.00 bits per heavy atom. The highest BCUT2D eigenvalue weighted by Gasteiger charge is 2.31. The number of nitroso groups, excluding NO2 is 1. The van der Waals surface area contributed by atoms with Gasteiger partial charge in [0.05, 0.1) is 36.2 Å². The highest BCUT2D eigenvalue weighted by atomic mass is 32.2. The van der Waals surface area contributed by atoms with Crippen molar-refractivity contribution < 1.29 is 32.6 Å². The summed E-state index contributed by atoms with van der Waals surface area (Å²) in [6.07, 6.45) is 2.21. The van der Waals surface area contributed by atoms with E-state index in [0.717, 1.165) is 62.4 Å². The van der Waals surface area contributed by atoms with Crippen molar-refractivity contribution in [3.63, 3.8) is 0 Å². The molecule has 0 spiro atoms. The molecule has 0 aromatic heterocycles. The van der Waals surface area contributed by atoms with E-state index in [9.17, 15) is 28.1 Å². The number of nitrogens with one attached hydrogen (secondary N) is 1. The lowest BCUT2D eigenvalue weighted by atomic mass is 9.96. The maximum atomic E-state index is 13.3. The van der Waals surface area contributed by atoms with Crippen LogP contribution in [0.2, 0.25) is 0 Å². The first-order valence-corrected chi connectivity index (χ1v) is 13.9. The maximum absolute atomic E-state index is 13.3. The van der Waals surface area contributed by atoms with Crippen molar-refractivity contribution in [2.24, 2.45) is 5.18 Å². The van der Waals surface area contributed by atoms with Gasteiger partial charge in [0, 0.05) is 16.4 Å². The Balaban J connectivity index is 2.07. The van der Waals surface area contributed by atoms with Gasteiger partial charge in [-0.05, 0) is 54.1 Å². The quantitative estimate of drug-likeness (QED) is 0.112. The number of fused-ring (bicyclic) bond motifs is 1. The summed E-state index contributed by atoms with van der Waals surface area (Å²) in [5, 5.41) is 12.7. The minimum absolute atomic E-state index is 0.0587. The van der Waals surface area contributed by atoms with E-state index in [2.05, 4.69) is 17.6 Å². The van der Waals surface area contributed by atoms with Gasteiger partial charge in [0.15, 0.2) is 0 Å². The summed E-state index contributed by atoms with van der Waals surface area (Å²) < 4.78 is 50.5. The van der Waals surface area contributed by atoms with Crippen LogP contribution in [0.4, 0.5) is 24.5 Å². The van der Waals surface area contributed by atoms with Crippen LogP contribution in [-0.4, -0.2) is 24.5 Å². The van der Waals surface area contributed by atoms with E-state index >= 15 is 0 Å². The Kier molecular flexibility index (Phi) is 11.2. The summed E-state index contributed by atoms with van der Waals surface area (Å²) in [5.41, 5.74) is 2.31. The Morgan fingerprint density at radius 2 is 1.68 bits per heavy atom. The third kappa shape index (κ3) is 7.25. The van der Waals surface area contributed by atoms with E-state index < -0.39 is 22.1 Å². The minimum Gasteiger partial charge on any atom is -0.496 e. The molecule has 0 amide bonds. The lowest BCUT2D eigenvalue weighted by Gasteiger charge is -2.23. The Hall–Kier alpha value is -3.31. The number of ether oxygens (including phenoxy) is 2. The topological polar surface area (TPSA) is 97.2 Å². The number of anilines is 1. The third-order valence-electron chi connectivity index (χ3n) is 6.71. The van der Waals surface area contributed by atoms with Gasteiger partial charge < -0.3 is 9.47 Å². The molecule has 0 aliphatic heterocycles. The monoisotopic (exact) mass is 578 g/mol. The number of hydrogen-bond acceptors (Lipinski definition) is 8. The predicted octanol–water partition coefficient (Wildman–Crippen LogP) is 9.44. The van der Waals surface area contributed by atoms with Crippen LogP contribution < -0.4 is 15.0 Å². The van der Waals surface area contributed by atoms with Crippen LogP contribution in [0, 0.1) is 4.91 Å². The first kappa shape index (κ1) is 31.2. The van der Waals surface area contributed by atoms with Gasteiger partial charge >= 0.3 is 6.18 Å². The average Bonchev–Trinajstić information content (AvgIpc) is 2.96. The molecule has 0 saturated heterocycles. The van der Waals surface area contributed by atoms with Gasteiger partial charge in [0.2, 0.25) is 5.12 Å². The maximum Gasteiger partial charge on any atom is 0.416 e. The first-order chi connectivity index (χ1) is 19.2. The largest absolute Gasteiger partial charge is 0.496 e. The Labute approximate surface area is 235 Å². The van der Waals surface area contributed by atoms with Gasteiger partial charge in [-0.1, -0.05) is 57.2 Å². The molecule has 0 aliphatic rings. The normalized spacial score (nSPS) is 12.3. The first-order valence-electron chi connectivity index (χ1n) is 13.0. The fraction of sp³-hybridized carbons (Fsp3) is 0.414. The highest BCUT2D eigenvalue weighted by molar-refractivity contribution is 8.14. The zero-order valence-corrected chi connectivity index (χ0v) is 23.5. The molecule has 216 valence electrons. The molecule has 1 atom stereocenters. The van der Waals surface area contributed by atoms with Crippen molar-refractivity contribution in [2.45, 2.75) is 63.3 Å². The number of halogens is 3. The summed E-state index contributed by atoms with van der Waals surface area (Å²) >= 11 is 0.984. The van der Waals surface area contributed by atoms with E-state index in [1.807, 2.05) is 0 Å². The van der Waals surface area contributed by atoms with Gasteiger partial charge in [-0.25, -0.2) is 0 Å². The number of alkyl halides is 3. The van der Waals surface area contributed by atoms with Crippen LogP contribution in [-0.2, 0) is 6.18 Å². The van der Waals surface area contributed by atoms with Crippen LogP contribution >= 0.6 is 11.8 Å². The molecular formula is C29H33F3N2O5S. The molecule has 3 aromatic carbocycles. The van der Waals surface area contributed by atoms with Crippen molar-refractivity contribution in [3.05, 3.63) is 64.1 Å². The van der Waals surface area contributed by atoms with Gasteiger partial charge in [-0.2, -0.15) is 13.2 Å². The molecule has 0 heterocycles. The number of rotatable bonds is 14. The molecule has 11 heteroatoms. The number of hydrogen-bond donors (Lipinski definition) is 2. The highest BCUT2D eigenvalue weighted by Crippen LogP contribution is 2.50. The fourth-order valence-electron chi connectivity index (χ4n) is 4.67. The second-order valence-electron chi connectivity index (χ2n) is 9.31. The third-order valence-corrected chi connectivity index (χ3v) is 7.94. The molecule has 0 bridgehead atoms. The number of nitrogens with zero attached hydrogens (tertiary/aromatic N) is 1. The number of unbranched alkanes of at least 4 members (excludes halogenated alkanes) is 5. The smallest absolute Gasteiger partial charge is 0.416 e. The zero-order chi connectivity index (χ0) is 29.3. The number of methoxy groups -OCH3 is 2. The van der Waals surface area contributed by atoms with Gasteiger partial charge in [0.1, 0.15) is 17.2 Å². The summed E-state index contributed by atoms with van der Waals surface area (Å²) in [5.74, 6) is 0.620. The number of carbonyl (C=O) groups excluding carboxylic acids is 1. The van der Waals surface area contributed by atoms with Crippen LogP contribution in [0.5, 0.6) is 11.5 Å². The van der Waals surface area contributed by atoms with E-state index in [4.69, 9.17) is 9.47 Å². The molecule has 1 unspecified atom stereocenters. The lowest BCUT2D eigenvalue weighted by molar-refractivity contribution is -0.137. The van der Waals surface area contributed by atoms with Crippen LogP contribution in [0.1, 0.15) is 78.6 Å². The second kappa shape index (κ2) is 14.4. The molecule has 7 nitrogen and oxygen atoms in total. The molecule has 40 heavy (non-hydrogen) atoms. The molecular weight excluding hydrogens is 545 g/mol. The standard InChI is InChI=1S/C29H33F3N2O5S/c1-4-5-6-7-8-9-10-24(40-28(35)18-11-13-19(14-12-18)29(30,31)32)20-17-23(38-2)25-21(33-36)15-16-22(34-37)26(25)27(20)39-3/h11-17,24,33,36H,4-10H2,1-3H3. The van der Waals surface area contributed by atoms with Crippen LogP contribution in [0.25, 0.3) is 10.8 Å². The molecule has 2 N–H and O–H groups in total. The SMILES string of the molecule is CCCCCCCCC(SC(=O)c1ccc(C(F)(F)F)cc1)c1cc(OC)c2c(NO)ccc(N=O)c2c1OC. The predicted molar refractivity (Wildman–Crippen MR) is 152 cm³/mol. The molecule has 0 saturated carbocycles. The molecule has 3 rings (SSSR count). The number of benzene rings is 3. The Bertz CT molecular complexity index is 1320. The summed E-state index contributed by atoms with van der Waals surface area (Å²) in [6.45, 7) is 2.14. The van der Waals surface area contributed by atoms with Crippen molar-refractivity contribution in [1.82, 2.24) is 0 Å². The van der Waals surface area contributed by atoms with Gasteiger partial charge in [0.25, 0.3) is 0 Å². The molecule has 0 radical (unpaired) electrons. The van der Waals surface area contributed by atoms with E-state index in [1.54, 1.807) is 6.07 Å². The van der Waals surface area contributed by atoms with Gasteiger partial charge in [-0.15, -0.1) is 4.91 Å². The van der Waals surface area contributed by atoms with Gasteiger partial charge in [-0.3, -0.25) is 15.5 Å². The molecule has 3 aromatic rings. The fourth-order valence-corrected chi connectivity index (χ4v) is 5.79. The van der Waals surface area contributed by atoms with Crippen molar-refractivity contribution in [1.29, 1.82) is 0 Å². The van der Waals surface area contributed by atoms with Crippen LogP contribution in [0.15, 0.2) is 47.6 Å². The lowest BCUT2D eigenvalue weighted by Crippen LogP contribution is -2.07. The second-order valence-corrected chi connectivity index (χ2v) is 10.5. The van der Waals surface area contributed by atoms with E-state index in [0.29, 0.717) is 34.3 Å². The van der Waals surface area contributed by atoms with Crippen molar-refractivity contribution >= 4 is 39.0 Å². The molecule has 0 fully saturated rings.